The Kier molecular flexibility index (Phi) is 10.5. The minimum atomic E-state index is -5.08. The van der Waals surface area contributed by atoms with Gasteiger partial charge in [-0.1, -0.05) is 0 Å². The van der Waals surface area contributed by atoms with Gasteiger partial charge < -0.3 is 19.5 Å². The molecular formula is C20H24F6N4O5. The van der Waals surface area contributed by atoms with E-state index in [1.165, 1.54) is 5.56 Å². The molecule has 3 rings (SSSR count). The van der Waals surface area contributed by atoms with E-state index in [-0.39, 0.29) is 0 Å². The van der Waals surface area contributed by atoms with E-state index in [0.717, 1.165) is 55.7 Å². The van der Waals surface area contributed by atoms with E-state index >= 15 is 0 Å². The fourth-order valence-corrected chi connectivity index (χ4v) is 2.76. The molecule has 35 heavy (non-hydrogen) atoms. The first-order valence-electron chi connectivity index (χ1n) is 9.93. The number of hydrogen-bond donors (Lipinski definition) is 2. The summed E-state index contributed by atoms with van der Waals surface area (Å²) in [5.41, 5.74) is 3.28. The molecule has 9 nitrogen and oxygen atoms in total. The molecule has 0 saturated carbocycles. The molecule has 196 valence electrons. The number of aromatic nitrogens is 2. The highest BCUT2D eigenvalue weighted by atomic mass is 19.4. The minimum Gasteiger partial charge on any atom is -0.475 e. The van der Waals surface area contributed by atoms with Gasteiger partial charge in [-0.3, -0.25) is 9.88 Å². The third kappa shape index (κ3) is 10.2. The maximum Gasteiger partial charge on any atom is 0.490 e. The van der Waals surface area contributed by atoms with Crippen LogP contribution in [0, 0.1) is 20.8 Å². The lowest BCUT2D eigenvalue weighted by Crippen LogP contribution is -2.46. The smallest absolute Gasteiger partial charge is 0.475 e. The molecule has 0 amide bonds. The van der Waals surface area contributed by atoms with Crippen LogP contribution in [0.15, 0.2) is 22.9 Å². The summed E-state index contributed by atoms with van der Waals surface area (Å²) in [6.07, 6.45) is -6.57. The van der Waals surface area contributed by atoms with Crippen molar-refractivity contribution in [1.82, 2.24) is 14.9 Å². The van der Waals surface area contributed by atoms with Gasteiger partial charge in [-0.15, -0.1) is 0 Å². The van der Waals surface area contributed by atoms with Gasteiger partial charge in [0.15, 0.2) is 0 Å². The number of halogens is 6. The standard InChI is InChI=1S/C16H22N4O.2C2HF3O2/c1-12-10-17-13(2)16(18-12)20-7-5-19(6-8-20)11-15-4-9-21-14(15)3;2*3-2(4,5)1(6)7/h4,9-10H,5-8,11H2,1-3H3;2*(H,6,7). The summed E-state index contributed by atoms with van der Waals surface area (Å²) >= 11 is 0. The Labute approximate surface area is 196 Å². The molecule has 3 heterocycles. The summed E-state index contributed by atoms with van der Waals surface area (Å²) in [6, 6.07) is 2.07. The molecule has 15 heteroatoms. The third-order valence-corrected chi connectivity index (χ3v) is 4.57. The number of carboxylic acids is 2. The highest BCUT2D eigenvalue weighted by molar-refractivity contribution is 5.73. The number of alkyl halides is 6. The number of anilines is 1. The molecule has 2 N–H and O–H groups in total. The van der Waals surface area contributed by atoms with Gasteiger partial charge in [-0.05, 0) is 26.8 Å². The normalized spacial score (nSPS) is 14.4. The molecule has 1 fully saturated rings. The number of piperazine rings is 1. The largest absolute Gasteiger partial charge is 0.490 e. The molecule has 0 bridgehead atoms. The fraction of sp³-hybridized carbons (Fsp3) is 0.500. The van der Waals surface area contributed by atoms with Crippen molar-refractivity contribution in [3.8, 4) is 0 Å². The third-order valence-electron chi connectivity index (χ3n) is 4.57. The molecule has 1 saturated heterocycles. The molecule has 1 aliphatic rings. The summed E-state index contributed by atoms with van der Waals surface area (Å²) in [4.78, 5) is 31.7. The fourth-order valence-electron chi connectivity index (χ4n) is 2.76. The number of carboxylic acid groups (broad SMARTS) is 2. The van der Waals surface area contributed by atoms with E-state index < -0.39 is 24.3 Å². The second-order valence-corrected chi connectivity index (χ2v) is 7.29. The molecule has 2 aromatic rings. The Morgan fingerprint density at radius 1 is 0.971 bits per heavy atom. The number of rotatable bonds is 3. The van der Waals surface area contributed by atoms with E-state index in [0.29, 0.717) is 0 Å². The zero-order chi connectivity index (χ0) is 27.0. The van der Waals surface area contributed by atoms with E-state index in [1.54, 1.807) is 6.26 Å². The van der Waals surface area contributed by atoms with Gasteiger partial charge in [0, 0.05) is 44.5 Å². The monoisotopic (exact) mass is 514 g/mol. The van der Waals surface area contributed by atoms with Crippen LogP contribution >= 0.6 is 0 Å². The predicted octanol–water partition coefficient (Wildman–Crippen LogP) is 3.58. The SMILES string of the molecule is Cc1cnc(C)c(N2CCN(Cc3ccoc3C)CC2)n1.O=C(O)C(F)(F)F.O=C(O)C(F)(F)F. The van der Waals surface area contributed by atoms with Crippen LogP contribution in [-0.4, -0.2) is 75.6 Å². The summed E-state index contributed by atoms with van der Waals surface area (Å²) in [5.74, 6) is -3.45. The van der Waals surface area contributed by atoms with Crippen LogP contribution in [0.25, 0.3) is 0 Å². The van der Waals surface area contributed by atoms with E-state index in [4.69, 9.17) is 24.2 Å². The lowest BCUT2D eigenvalue weighted by atomic mass is 10.2. The Bertz CT molecular complexity index is 961. The zero-order valence-electron chi connectivity index (χ0n) is 18.9. The average molecular weight is 514 g/mol. The maximum absolute atomic E-state index is 10.6. The van der Waals surface area contributed by atoms with Crippen molar-refractivity contribution < 1.29 is 50.6 Å². The summed E-state index contributed by atoms with van der Waals surface area (Å²) in [6.45, 7) is 11.1. The van der Waals surface area contributed by atoms with Crippen molar-refractivity contribution in [3.05, 3.63) is 41.2 Å². The van der Waals surface area contributed by atoms with Gasteiger partial charge in [0.1, 0.15) is 11.6 Å². The molecule has 0 unspecified atom stereocenters. The molecule has 0 radical (unpaired) electrons. The van der Waals surface area contributed by atoms with Crippen molar-refractivity contribution in [2.24, 2.45) is 0 Å². The topological polar surface area (TPSA) is 120 Å². The van der Waals surface area contributed by atoms with Crippen molar-refractivity contribution in [3.63, 3.8) is 0 Å². The van der Waals surface area contributed by atoms with E-state index in [1.807, 2.05) is 27.0 Å². The Morgan fingerprint density at radius 2 is 1.46 bits per heavy atom. The van der Waals surface area contributed by atoms with E-state index in [9.17, 15) is 26.3 Å². The van der Waals surface area contributed by atoms with E-state index in [2.05, 4.69) is 25.8 Å². The van der Waals surface area contributed by atoms with Gasteiger partial charge in [-0.2, -0.15) is 26.3 Å². The average Bonchev–Trinajstić information content (AvgIpc) is 3.14. The Balaban J connectivity index is 0.000000362. The van der Waals surface area contributed by atoms with Gasteiger partial charge in [-0.25, -0.2) is 14.6 Å². The van der Waals surface area contributed by atoms with Gasteiger partial charge >= 0.3 is 24.3 Å². The maximum atomic E-state index is 10.6. The molecule has 0 aromatic carbocycles. The second kappa shape index (κ2) is 12.4. The highest BCUT2D eigenvalue weighted by Gasteiger charge is 2.38. The summed E-state index contributed by atoms with van der Waals surface area (Å²) in [7, 11) is 0. The number of aliphatic carboxylic acids is 2. The first-order valence-corrected chi connectivity index (χ1v) is 9.93. The summed E-state index contributed by atoms with van der Waals surface area (Å²) < 4.78 is 68.8. The lowest BCUT2D eigenvalue weighted by molar-refractivity contribution is -0.193. The van der Waals surface area contributed by atoms with Crippen LogP contribution in [0.4, 0.5) is 32.2 Å². The van der Waals surface area contributed by atoms with Crippen LogP contribution in [0.1, 0.15) is 22.7 Å². The van der Waals surface area contributed by atoms with Gasteiger partial charge in [0.2, 0.25) is 0 Å². The number of furan rings is 1. The molecule has 0 aliphatic carbocycles. The number of nitrogens with zero attached hydrogens (tertiary/aromatic N) is 4. The van der Waals surface area contributed by atoms with Crippen LogP contribution in [0.2, 0.25) is 0 Å². The van der Waals surface area contributed by atoms with Crippen LogP contribution in [0.5, 0.6) is 0 Å². The predicted molar refractivity (Wildman–Crippen MR) is 110 cm³/mol. The van der Waals surface area contributed by atoms with Crippen molar-refractivity contribution in [2.45, 2.75) is 39.7 Å². The molecule has 2 aromatic heterocycles. The number of aryl methyl sites for hydroxylation is 3. The minimum absolute atomic E-state index is 0.967. The Hall–Kier alpha value is -3.36. The Morgan fingerprint density at radius 3 is 1.86 bits per heavy atom. The van der Waals surface area contributed by atoms with Crippen molar-refractivity contribution in [1.29, 1.82) is 0 Å². The van der Waals surface area contributed by atoms with Crippen LogP contribution in [-0.2, 0) is 16.1 Å². The molecule has 0 spiro atoms. The number of carbonyl (C=O) groups is 2. The molecule has 0 atom stereocenters. The quantitative estimate of drug-likeness (QED) is 0.592. The zero-order valence-corrected chi connectivity index (χ0v) is 18.9. The van der Waals surface area contributed by atoms with Gasteiger partial charge in [0.05, 0.1) is 17.7 Å². The van der Waals surface area contributed by atoms with Crippen LogP contribution in [0.3, 0.4) is 0 Å². The highest BCUT2D eigenvalue weighted by Crippen LogP contribution is 2.19. The van der Waals surface area contributed by atoms with Crippen LogP contribution < -0.4 is 4.90 Å². The molecular weight excluding hydrogens is 490 g/mol. The molecule has 1 aliphatic heterocycles. The number of hydrogen-bond acceptors (Lipinski definition) is 7. The first-order chi connectivity index (χ1) is 16.0. The first kappa shape index (κ1) is 29.7. The second-order valence-electron chi connectivity index (χ2n) is 7.29. The lowest BCUT2D eigenvalue weighted by Gasteiger charge is -2.35. The van der Waals surface area contributed by atoms with Crippen molar-refractivity contribution in [2.75, 3.05) is 31.1 Å². The van der Waals surface area contributed by atoms with Gasteiger partial charge in [0.25, 0.3) is 0 Å². The van der Waals surface area contributed by atoms with Crippen molar-refractivity contribution >= 4 is 17.8 Å². The summed E-state index contributed by atoms with van der Waals surface area (Å²) in [5, 5.41) is 14.2.